The highest BCUT2D eigenvalue weighted by molar-refractivity contribution is 5.91. The number of esters is 1. The zero-order chi connectivity index (χ0) is 16.5. The Kier molecular flexibility index (Phi) is 4.07. The Morgan fingerprint density at radius 1 is 1.36 bits per heavy atom. The van der Waals surface area contributed by atoms with Crippen molar-refractivity contribution in [2.45, 2.75) is 19.7 Å². The summed E-state index contributed by atoms with van der Waals surface area (Å²) in [5, 5.41) is 16.8. The second kappa shape index (κ2) is 5.66. The van der Waals surface area contributed by atoms with E-state index in [1.165, 1.54) is 0 Å². The monoisotopic (exact) mass is 315 g/mol. The molecule has 118 valence electrons. The minimum absolute atomic E-state index is 0.291. The van der Waals surface area contributed by atoms with Gasteiger partial charge in [-0.05, 0) is 25.1 Å². The fourth-order valence-corrected chi connectivity index (χ4v) is 1.73. The summed E-state index contributed by atoms with van der Waals surface area (Å²) >= 11 is 0. The summed E-state index contributed by atoms with van der Waals surface area (Å²) in [5.74, 6) is -0.808. The topological polar surface area (TPSA) is 77.2 Å². The molecule has 6 nitrogen and oxygen atoms in total. The predicted octanol–water partition coefficient (Wildman–Crippen LogP) is 2.20. The summed E-state index contributed by atoms with van der Waals surface area (Å²) in [4.78, 5) is 11.9. The minimum Gasteiger partial charge on any atom is -0.508 e. The fraction of sp³-hybridized carbons (Fsp3) is 0.308. The number of phenolic OH excluding ortho intramolecular Hbond substituents is 1. The van der Waals surface area contributed by atoms with E-state index in [0.29, 0.717) is 23.8 Å². The molecule has 2 aromatic rings. The van der Waals surface area contributed by atoms with E-state index in [2.05, 4.69) is 10.2 Å². The molecule has 0 radical (unpaired) electrons. The maximum Gasteiger partial charge on any atom is 0.417 e. The lowest BCUT2D eigenvalue weighted by Gasteiger charge is -2.12. The number of aromatic nitrogens is 3. The highest BCUT2D eigenvalue weighted by Gasteiger charge is 2.36. The summed E-state index contributed by atoms with van der Waals surface area (Å²) in [6, 6.07) is 2.19. The molecule has 0 unspecified atom stereocenters. The molecular weight excluding hydrogens is 303 g/mol. The summed E-state index contributed by atoms with van der Waals surface area (Å²) in [5.41, 5.74) is -1.93. The van der Waals surface area contributed by atoms with E-state index in [0.717, 1.165) is 6.07 Å². The van der Waals surface area contributed by atoms with Crippen molar-refractivity contribution < 1.29 is 27.8 Å². The van der Waals surface area contributed by atoms with Crippen LogP contribution in [0.4, 0.5) is 13.2 Å². The van der Waals surface area contributed by atoms with Gasteiger partial charge in [-0.1, -0.05) is 0 Å². The Bertz CT molecular complexity index is 710. The van der Waals surface area contributed by atoms with Gasteiger partial charge in [-0.3, -0.25) is 0 Å². The smallest absolute Gasteiger partial charge is 0.417 e. The molecule has 0 atom stereocenters. The lowest BCUT2D eigenvalue weighted by molar-refractivity contribution is -0.138. The number of hydrogen-bond donors (Lipinski definition) is 1. The fourth-order valence-electron chi connectivity index (χ4n) is 1.73. The molecule has 1 aromatic carbocycles. The number of ether oxygens (including phenoxy) is 1. The number of aryl methyl sites for hydroxylation is 1. The van der Waals surface area contributed by atoms with Gasteiger partial charge < -0.3 is 14.4 Å². The predicted molar refractivity (Wildman–Crippen MR) is 68.0 cm³/mol. The van der Waals surface area contributed by atoms with Crippen molar-refractivity contribution in [3.8, 4) is 5.75 Å². The Morgan fingerprint density at radius 2 is 2.05 bits per heavy atom. The molecule has 9 heteroatoms. The number of hydrogen-bond acceptors (Lipinski definition) is 5. The van der Waals surface area contributed by atoms with Gasteiger partial charge in [-0.2, -0.15) is 13.2 Å². The maximum absolute atomic E-state index is 12.9. The second-order valence-electron chi connectivity index (χ2n) is 4.53. The standard InChI is InChI=1S/C13H12F3N3O3/c1-7-17-18-11(19(7)2)6-22-12(21)9-5-8(20)3-4-10(9)13(14,15)16/h3-5,20H,6H2,1-2H3. The van der Waals surface area contributed by atoms with Crippen molar-refractivity contribution in [1.82, 2.24) is 14.8 Å². The number of alkyl halides is 3. The first kappa shape index (κ1) is 15.8. The van der Waals surface area contributed by atoms with Crippen molar-refractivity contribution in [3.63, 3.8) is 0 Å². The van der Waals surface area contributed by atoms with Crippen LogP contribution in [0.1, 0.15) is 27.6 Å². The number of halogens is 3. The van der Waals surface area contributed by atoms with Crippen molar-refractivity contribution in [3.05, 3.63) is 41.0 Å². The third kappa shape index (κ3) is 3.18. The molecule has 1 aromatic heterocycles. The van der Waals surface area contributed by atoms with Crippen LogP contribution in [-0.2, 0) is 24.6 Å². The van der Waals surface area contributed by atoms with Gasteiger partial charge in [0, 0.05) is 7.05 Å². The number of carbonyl (C=O) groups is 1. The van der Waals surface area contributed by atoms with Gasteiger partial charge in [0.1, 0.15) is 11.6 Å². The molecule has 0 fully saturated rings. The van der Waals surface area contributed by atoms with E-state index >= 15 is 0 Å². The first-order valence-electron chi connectivity index (χ1n) is 6.12. The lowest BCUT2D eigenvalue weighted by atomic mass is 10.1. The average molecular weight is 315 g/mol. The van der Waals surface area contributed by atoms with Crippen LogP contribution < -0.4 is 0 Å². The highest BCUT2D eigenvalue weighted by Crippen LogP contribution is 2.34. The molecule has 22 heavy (non-hydrogen) atoms. The van der Waals surface area contributed by atoms with Crippen LogP contribution in [0.3, 0.4) is 0 Å². The van der Waals surface area contributed by atoms with E-state index in [9.17, 15) is 23.1 Å². The molecule has 2 rings (SSSR count). The first-order valence-corrected chi connectivity index (χ1v) is 6.12. The van der Waals surface area contributed by atoms with Gasteiger partial charge in [0.2, 0.25) is 0 Å². The Labute approximate surface area is 123 Å². The zero-order valence-electron chi connectivity index (χ0n) is 11.7. The van der Waals surface area contributed by atoms with Crippen LogP contribution in [0, 0.1) is 6.92 Å². The largest absolute Gasteiger partial charge is 0.508 e. The van der Waals surface area contributed by atoms with Gasteiger partial charge in [0.15, 0.2) is 12.4 Å². The molecule has 0 saturated heterocycles. The number of phenols is 1. The molecule has 1 N–H and O–H groups in total. The molecule has 0 amide bonds. The highest BCUT2D eigenvalue weighted by atomic mass is 19.4. The Balaban J connectivity index is 2.22. The van der Waals surface area contributed by atoms with Gasteiger partial charge >= 0.3 is 12.1 Å². The molecule has 0 aliphatic heterocycles. The summed E-state index contributed by atoms with van der Waals surface area (Å²) in [6.07, 6.45) is -4.73. The third-order valence-corrected chi connectivity index (χ3v) is 3.04. The van der Waals surface area contributed by atoms with Crippen molar-refractivity contribution >= 4 is 5.97 Å². The van der Waals surface area contributed by atoms with Gasteiger partial charge in [0.05, 0.1) is 11.1 Å². The van der Waals surface area contributed by atoms with Crippen molar-refractivity contribution in [1.29, 1.82) is 0 Å². The molecule has 1 heterocycles. The number of nitrogens with zero attached hydrogens (tertiary/aromatic N) is 3. The van der Waals surface area contributed by atoms with E-state index in [1.54, 1.807) is 18.5 Å². The van der Waals surface area contributed by atoms with E-state index in [-0.39, 0.29) is 6.61 Å². The molecule has 0 aliphatic rings. The third-order valence-electron chi connectivity index (χ3n) is 3.04. The molecule has 0 aliphatic carbocycles. The van der Waals surface area contributed by atoms with Crippen LogP contribution in [0.25, 0.3) is 0 Å². The van der Waals surface area contributed by atoms with Crippen molar-refractivity contribution in [2.24, 2.45) is 7.05 Å². The Morgan fingerprint density at radius 3 is 2.59 bits per heavy atom. The lowest BCUT2D eigenvalue weighted by Crippen LogP contribution is -2.15. The number of aromatic hydroxyl groups is 1. The second-order valence-corrected chi connectivity index (χ2v) is 4.53. The normalized spacial score (nSPS) is 11.5. The van der Waals surface area contributed by atoms with Crippen LogP contribution in [0.15, 0.2) is 18.2 Å². The van der Waals surface area contributed by atoms with Crippen LogP contribution in [0.5, 0.6) is 5.75 Å². The molecule has 0 saturated carbocycles. The Hall–Kier alpha value is -2.58. The minimum atomic E-state index is -4.73. The van der Waals surface area contributed by atoms with Crippen LogP contribution >= 0.6 is 0 Å². The number of benzene rings is 1. The summed E-state index contributed by atoms with van der Waals surface area (Å²) < 4.78 is 44.9. The van der Waals surface area contributed by atoms with Crippen LogP contribution in [-0.4, -0.2) is 25.8 Å². The SMILES string of the molecule is Cc1nnc(COC(=O)c2cc(O)ccc2C(F)(F)F)n1C. The zero-order valence-corrected chi connectivity index (χ0v) is 11.7. The quantitative estimate of drug-likeness (QED) is 0.879. The summed E-state index contributed by atoms with van der Waals surface area (Å²) in [6.45, 7) is 1.35. The van der Waals surface area contributed by atoms with E-state index in [1.807, 2.05) is 0 Å². The summed E-state index contributed by atoms with van der Waals surface area (Å²) in [7, 11) is 1.63. The van der Waals surface area contributed by atoms with Crippen LogP contribution in [0.2, 0.25) is 0 Å². The van der Waals surface area contributed by atoms with E-state index in [4.69, 9.17) is 4.74 Å². The van der Waals surface area contributed by atoms with Crippen molar-refractivity contribution in [2.75, 3.05) is 0 Å². The number of rotatable bonds is 3. The van der Waals surface area contributed by atoms with Gasteiger partial charge in [-0.15, -0.1) is 10.2 Å². The van der Waals surface area contributed by atoms with E-state index < -0.39 is 29.0 Å². The number of carbonyl (C=O) groups excluding carboxylic acids is 1. The average Bonchev–Trinajstić information content (AvgIpc) is 2.75. The van der Waals surface area contributed by atoms with Gasteiger partial charge in [-0.25, -0.2) is 4.79 Å². The first-order chi connectivity index (χ1) is 10.2. The molecule has 0 spiro atoms. The van der Waals surface area contributed by atoms with Gasteiger partial charge in [0.25, 0.3) is 0 Å². The maximum atomic E-state index is 12.9. The molecule has 0 bridgehead atoms. The molecular formula is C13H12F3N3O3.